The first-order valence-electron chi connectivity index (χ1n) is 5.84. The number of benzene rings is 1. The van der Waals surface area contributed by atoms with Crippen LogP contribution in [0.25, 0.3) is 0 Å². The van der Waals surface area contributed by atoms with Crippen molar-refractivity contribution < 1.29 is 9.53 Å². The third-order valence-corrected chi connectivity index (χ3v) is 3.01. The van der Waals surface area contributed by atoms with E-state index in [1.54, 1.807) is 19.2 Å². The van der Waals surface area contributed by atoms with E-state index in [1.807, 2.05) is 19.1 Å². The van der Waals surface area contributed by atoms with Gasteiger partial charge in [-0.25, -0.2) is 0 Å². The lowest BCUT2D eigenvalue weighted by Crippen LogP contribution is -2.33. The number of ether oxygens (including phenoxy) is 1. The quantitative estimate of drug-likeness (QED) is 0.830. The molecule has 5 heteroatoms. The first kappa shape index (κ1) is 15.0. The van der Waals surface area contributed by atoms with Gasteiger partial charge in [-0.3, -0.25) is 4.79 Å². The third kappa shape index (κ3) is 4.64. The van der Waals surface area contributed by atoms with E-state index >= 15 is 0 Å². The first-order valence-corrected chi connectivity index (χ1v) is 6.22. The van der Waals surface area contributed by atoms with Crippen molar-refractivity contribution in [3.63, 3.8) is 0 Å². The second kappa shape index (κ2) is 7.36. The second-order valence-electron chi connectivity index (χ2n) is 4.14. The molecule has 0 aliphatic rings. The summed E-state index contributed by atoms with van der Waals surface area (Å²) in [7, 11) is 1.55. The highest BCUT2D eigenvalue weighted by atomic mass is 35.5. The third-order valence-electron chi connectivity index (χ3n) is 2.76. The van der Waals surface area contributed by atoms with Crippen LogP contribution in [-0.4, -0.2) is 25.7 Å². The number of halogens is 1. The Morgan fingerprint density at radius 1 is 1.44 bits per heavy atom. The molecule has 0 saturated heterocycles. The molecule has 2 atom stereocenters. The van der Waals surface area contributed by atoms with E-state index in [4.69, 9.17) is 22.1 Å². The fourth-order valence-corrected chi connectivity index (χ4v) is 1.73. The molecule has 0 fully saturated rings. The maximum absolute atomic E-state index is 11.7. The van der Waals surface area contributed by atoms with Gasteiger partial charge in [0, 0.05) is 18.7 Å². The van der Waals surface area contributed by atoms with Crippen LogP contribution in [0.5, 0.6) is 0 Å². The van der Waals surface area contributed by atoms with Crippen LogP contribution in [0, 0.1) is 0 Å². The number of rotatable bonds is 6. The van der Waals surface area contributed by atoms with Gasteiger partial charge in [-0.2, -0.15) is 0 Å². The number of carbonyl (C=O) groups excluding carboxylic acids is 1. The van der Waals surface area contributed by atoms with Gasteiger partial charge in [0.2, 0.25) is 5.91 Å². The van der Waals surface area contributed by atoms with E-state index in [0.29, 0.717) is 11.6 Å². The van der Waals surface area contributed by atoms with Crippen molar-refractivity contribution in [3.8, 4) is 0 Å². The van der Waals surface area contributed by atoms with Crippen LogP contribution in [0.4, 0.5) is 0 Å². The number of hydrogen-bond acceptors (Lipinski definition) is 3. The molecule has 1 unspecified atom stereocenters. The molecule has 1 amide bonds. The monoisotopic (exact) mass is 270 g/mol. The SMILES string of the molecule is COC(CN)CC(=O)N[C@@H](C)c1ccc(Cl)cc1. The highest BCUT2D eigenvalue weighted by molar-refractivity contribution is 6.30. The zero-order chi connectivity index (χ0) is 13.5. The smallest absolute Gasteiger partial charge is 0.223 e. The minimum absolute atomic E-state index is 0.0648. The molecule has 0 bridgehead atoms. The molecule has 1 aromatic rings. The number of hydrogen-bond donors (Lipinski definition) is 2. The van der Waals surface area contributed by atoms with Crippen LogP contribution >= 0.6 is 11.6 Å². The average Bonchev–Trinajstić information content (AvgIpc) is 2.36. The van der Waals surface area contributed by atoms with Gasteiger partial charge in [-0.15, -0.1) is 0 Å². The van der Waals surface area contributed by atoms with Gasteiger partial charge in [0.1, 0.15) is 0 Å². The number of methoxy groups -OCH3 is 1. The predicted molar refractivity (Wildman–Crippen MR) is 72.5 cm³/mol. The van der Waals surface area contributed by atoms with Crippen LogP contribution in [0.1, 0.15) is 24.9 Å². The van der Waals surface area contributed by atoms with Crippen molar-refractivity contribution in [1.82, 2.24) is 5.32 Å². The molecule has 4 nitrogen and oxygen atoms in total. The molecule has 0 saturated carbocycles. The maximum Gasteiger partial charge on any atom is 0.223 e. The zero-order valence-corrected chi connectivity index (χ0v) is 11.4. The van der Waals surface area contributed by atoms with Crippen molar-refractivity contribution >= 4 is 17.5 Å². The largest absolute Gasteiger partial charge is 0.380 e. The Morgan fingerprint density at radius 3 is 2.56 bits per heavy atom. The molecule has 0 spiro atoms. The van der Waals surface area contributed by atoms with E-state index in [2.05, 4.69) is 5.32 Å². The number of amides is 1. The van der Waals surface area contributed by atoms with Crippen LogP contribution in [0.2, 0.25) is 5.02 Å². The molecule has 3 N–H and O–H groups in total. The molecule has 18 heavy (non-hydrogen) atoms. The molecule has 100 valence electrons. The Kier molecular flexibility index (Phi) is 6.12. The van der Waals surface area contributed by atoms with Gasteiger partial charge in [0.25, 0.3) is 0 Å². The lowest BCUT2D eigenvalue weighted by Gasteiger charge is -2.17. The van der Waals surface area contributed by atoms with Crippen LogP contribution in [-0.2, 0) is 9.53 Å². The lowest BCUT2D eigenvalue weighted by atomic mass is 10.1. The summed E-state index contributed by atoms with van der Waals surface area (Å²) in [6, 6.07) is 7.33. The Bertz CT molecular complexity index is 377. The summed E-state index contributed by atoms with van der Waals surface area (Å²) in [6.07, 6.45) is 0.0349. The van der Waals surface area contributed by atoms with Crippen molar-refractivity contribution in [2.24, 2.45) is 5.73 Å². The van der Waals surface area contributed by atoms with E-state index in [-0.39, 0.29) is 24.5 Å². The summed E-state index contributed by atoms with van der Waals surface area (Å²) in [4.78, 5) is 11.7. The summed E-state index contributed by atoms with van der Waals surface area (Å²) in [6.45, 7) is 2.25. The Balaban J connectivity index is 2.51. The zero-order valence-electron chi connectivity index (χ0n) is 10.7. The molecule has 1 aromatic carbocycles. The molecule has 0 aliphatic heterocycles. The van der Waals surface area contributed by atoms with Gasteiger partial charge >= 0.3 is 0 Å². The number of nitrogens with one attached hydrogen (secondary N) is 1. The van der Waals surface area contributed by atoms with Crippen molar-refractivity contribution in [3.05, 3.63) is 34.9 Å². The van der Waals surface area contributed by atoms with Crippen molar-refractivity contribution in [2.75, 3.05) is 13.7 Å². The standard InChI is InChI=1S/C13H19ClN2O2/c1-9(10-3-5-11(14)6-4-10)16-13(17)7-12(8-15)18-2/h3-6,9,12H,7-8,15H2,1-2H3,(H,16,17)/t9-,12?/m0/s1. The van der Waals surface area contributed by atoms with E-state index < -0.39 is 0 Å². The van der Waals surface area contributed by atoms with Crippen LogP contribution < -0.4 is 11.1 Å². The van der Waals surface area contributed by atoms with Gasteiger partial charge in [-0.1, -0.05) is 23.7 Å². The van der Waals surface area contributed by atoms with E-state index in [1.165, 1.54) is 0 Å². The molecular formula is C13H19ClN2O2. The minimum atomic E-state index is -0.234. The Morgan fingerprint density at radius 2 is 2.06 bits per heavy atom. The molecular weight excluding hydrogens is 252 g/mol. The fraction of sp³-hybridized carbons (Fsp3) is 0.462. The van der Waals surface area contributed by atoms with Gasteiger partial charge in [-0.05, 0) is 24.6 Å². The predicted octanol–water partition coefficient (Wildman–Crippen LogP) is 1.88. The van der Waals surface area contributed by atoms with Gasteiger partial charge in [0.15, 0.2) is 0 Å². The molecule has 1 rings (SSSR count). The summed E-state index contributed by atoms with van der Waals surface area (Å²) < 4.78 is 5.07. The molecule has 0 heterocycles. The lowest BCUT2D eigenvalue weighted by molar-refractivity contribution is -0.124. The van der Waals surface area contributed by atoms with Crippen molar-refractivity contribution in [2.45, 2.75) is 25.5 Å². The fourth-order valence-electron chi connectivity index (χ4n) is 1.60. The summed E-state index contributed by atoms with van der Waals surface area (Å²) >= 11 is 5.81. The summed E-state index contributed by atoms with van der Waals surface area (Å²) in [5.74, 6) is -0.0743. The number of carbonyl (C=O) groups is 1. The minimum Gasteiger partial charge on any atom is -0.380 e. The summed E-state index contributed by atoms with van der Waals surface area (Å²) in [5, 5.41) is 3.58. The van der Waals surface area contributed by atoms with Crippen LogP contribution in [0.3, 0.4) is 0 Å². The maximum atomic E-state index is 11.7. The highest BCUT2D eigenvalue weighted by Gasteiger charge is 2.14. The average molecular weight is 271 g/mol. The van der Waals surface area contributed by atoms with E-state index in [9.17, 15) is 4.79 Å². The summed E-state index contributed by atoms with van der Waals surface area (Å²) in [5.41, 5.74) is 6.48. The second-order valence-corrected chi connectivity index (χ2v) is 4.57. The molecule has 0 aliphatic carbocycles. The topological polar surface area (TPSA) is 64.3 Å². The highest BCUT2D eigenvalue weighted by Crippen LogP contribution is 2.16. The van der Waals surface area contributed by atoms with Gasteiger partial charge < -0.3 is 15.8 Å². The van der Waals surface area contributed by atoms with E-state index in [0.717, 1.165) is 5.56 Å². The Labute approximate surface area is 112 Å². The normalized spacial score (nSPS) is 14.0. The van der Waals surface area contributed by atoms with Crippen molar-refractivity contribution in [1.29, 1.82) is 0 Å². The Hall–Kier alpha value is -1.10. The number of nitrogens with two attached hydrogens (primary N) is 1. The molecule has 0 radical (unpaired) electrons. The van der Waals surface area contributed by atoms with Gasteiger partial charge in [0.05, 0.1) is 18.6 Å². The van der Waals surface area contributed by atoms with Crippen LogP contribution in [0.15, 0.2) is 24.3 Å². The molecule has 0 aromatic heterocycles. The first-order chi connectivity index (χ1) is 8.56.